The summed E-state index contributed by atoms with van der Waals surface area (Å²) in [7, 11) is 2.14. The Kier molecular flexibility index (Phi) is 5.78. The molecule has 1 heterocycles. The van der Waals surface area contributed by atoms with Crippen LogP contribution in [0.15, 0.2) is 57.8 Å². The molecule has 0 radical (unpaired) electrons. The maximum atomic E-state index is 6.03. The quantitative estimate of drug-likeness (QED) is 0.665. The lowest BCUT2D eigenvalue weighted by Gasteiger charge is -2.19. The highest BCUT2D eigenvalue weighted by atomic mass is 35.5. The van der Waals surface area contributed by atoms with Crippen molar-refractivity contribution in [2.24, 2.45) is 0 Å². The van der Waals surface area contributed by atoms with Crippen LogP contribution in [0.3, 0.4) is 0 Å². The lowest BCUT2D eigenvalue weighted by atomic mass is 10.2. The molecule has 0 saturated carbocycles. The highest BCUT2D eigenvalue weighted by Crippen LogP contribution is 2.22. The van der Waals surface area contributed by atoms with Crippen LogP contribution in [0, 0.1) is 0 Å². The van der Waals surface area contributed by atoms with Gasteiger partial charge in [0.25, 0.3) is 5.89 Å². The van der Waals surface area contributed by atoms with Crippen molar-refractivity contribution in [1.82, 2.24) is 10.2 Å². The van der Waals surface area contributed by atoms with Gasteiger partial charge in [-0.05, 0) is 43.5 Å². The van der Waals surface area contributed by atoms with Crippen molar-refractivity contribution >= 4 is 23.4 Å². The minimum absolute atomic E-state index is 0.0978. The Hall–Kier alpha value is -1.82. The zero-order valence-electron chi connectivity index (χ0n) is 14.5. The molecule has 1 aromatic heterocycles. The standard InChI is InChI=1S/C19H20ClN3OS/c1-13(23(2)12-14-7-9-17(25-3)10-8-14)18-21-22-19(24-18)15-5-4-6-16(20)11-15/h4-11,13H,12H2,1-3H3/p+1/t13-/m0/s1. The van der Waals surface area contributed by atoms with Gasteiger partial charge in [0.1, 0.15) is 6.54 Å². The first-order valence-electron chi connectivity index (χ1n) is 8.11. The molecule has 0 aliphatic rings. The van der Waals surface area contributed by atoms with E-state index in [4.69, 9.17) is 16.0 Å². The molecule has 0 spiro atoms. The van der Waals surface area contributed by atoms with Crippen LogP contribution in [0.25, 0.3) is 11.5 Å². The predicted molar refractivity (Wildman–Crippen MR) is 102 cm³/mol. The Morgan fingerprint density at radius 2 is 1.92 bits per heavy atom. The van der Waals surface area contributed by atoms with E-state index < -0.39 is 0 Å². The van der Waals surface area contributed by atoms with Gasteiger partial charge in [0.2, 0.25) is 5.89 Å². The van der Waals surface area contributed by atoms with E-state index in [-0.39, 0.29) is 6.04 Å². The summed E-state index contributed by atoms with van der Waals surface area (Å²) in [4.78, 5) is 2.57. The van der Waals surface area contributed by atoms with Crippen LogP contribution in [0.1, 0.15) is 24.4 Å². The van der Waals surface area contributed by atoms with Crippen LogP contribution in [0.4, 0.5) is 0 Å². The van der Waals surface area contributed by atoms with E-state index in [1.54, 1.807) is 11.8 Å². The second-order valence-electron chi connectivity index (χ2n) is 6.05. The molecule has 3 aromatic rings. The molecule has 2 atom stereocenters. The Morgan fingerprint density at radius 3 is 2.60 bits per heavy atom. The van der Waals surface area contributed by atoms with Gasteiger partial charge in [0.15, 0.2) is 6.04 Å². The van der Waals surface area contributed by atoms with Gasteiger partial charge >= 0.3 is 0 Å². The normalized spacial score (nSPS) is 13.6. The average Bonchev–Trinajstić information content (AvgIpc) is 3.12. The van der Waals surface area contributed by atoms with E-state index in [1.165, 1.54) is 15.4 Å². The molecule has 0 saturated heterocycles. The van der Waals surface area contributed by atoms with E-state index in [1.807, 2.05) is 24.3 Å². The number of hydrogen-bond acceptors (Lipinski definition) is 4. The summed E-state index contributed by atoms with van der Waals surface area (Å²) in [6, 6.07) is 16.2. The third-order valence-corrected chi connectivity index (χ3v) is 5.24. The predicted octanol–water partition coefficient (Wildman–Crippen LogP) is 3.89. The summed E-state index contributed by atoms with van der Waals surface area (Å²) in [6.07, 6.45) is 2.08. The summed E-state index contributed by atoms with van der Waals surface area (Å²) in [5, 5.41) is 9.05. The largest absolute Gasteiger partial charge is 0.415 e. The minimum Gasteiger partial charge on any atom is -0.415 e. The van der Waals surface area contributed by atoms with Crippen LogP contribution < -0.4 is 4.90 Å². The lowest BCUT2D eigenvalue weighted by Crippen LogP contribution is -3.07. The second-order valence-corrected chi connectivity index (χ2v) is 7.36. The number of rotatable bonds is 6. The van der Waals surface area contributed by atoms with E-state index in [0.29, 0.717) is 16.8 Å². The number of nitrogens with one attached hydrogen (secondary N) is 1. The Morgan fingerprint density at radius 1 is 1.16 bits per heavy atom. The van der Waals surface area contributed by atoms with Gasteiger partial charge in [-0.25, -0.2) is 0 Å². The third kappa shape index (κ3) is 4.42. The fraction of sp³-hybridized carbons (Fsp3) is 0.263. The molecular weight excluding hydrogens is 354 g/mol. The first-order valence-corrected chi connectivity index (χ1v) is 9.71. The number of benzene rings is 2. The average molecular weight is 375 g/mol. The highest BCUT2D eigenvalue weighted by molar-refractivity contribution is 7.98. The molecule has 6 heteroatoms. The van der Waals surface area contributed by atoms with Gasteiger partial charge < -0.3 is 9.32 Å². The Labute approximate surface area is 157 Å². The molecule has 1 N–H and O–H groups in total. The van der Waals surface area contributed by atoms with Crippen molar-refractivity contribution < 1.29 is 9.32 Å². The van der Waals surface area contributed by atoms with Gasteiger partial charge in [-0.1, -0.05) is 29.8 Å². The maximum absolute atomic E-state index is 6.03. The van der Waals surface area contributed by atoms with Crippen LogP contribution in [0.5, 0.6) is 0 Å². The molecule has 0 bridgehead atoms. The Balaban J connectivity index is 1.70. The van der Waals surface area contributed by atoms with E-state index >= 15 is 0 Å². The van der Waals surface area contributed by atoms with Crippen LogP contribution >= 0.6 is 23.4 Å². The van der Waals surface area contributed by atoms with Crippen molar-refractivity contribution in [1.29, 1.82) is 0 Å². The molecule has 0 amide bonds. The number of nitrogens with zero attached hydrogens (tertiary/aromatic N) is 2. The second kappa shape index (κ2) is 8.04. The highest BCUT2D eigenvalue weighted by Gasteiger charge is 2.22. The topological polar surface area (TPSA) is 43.4 Å². The number of thioether (sulfide) groups is 1. The van der Waals surface area contributed by atoms with Crippen molar-refractivity contribution in [2.75, 3.05) is 13.3 Å². The summed E-state index contributed by atoms with van der Waals surface area (Å²) < 4.78 is 5.88. The van der Waals surface area contributed by atoms with Gasteiger partial charge in [0.05, 0.1) is 7.05 Å². The van der Waals surface area contributed by atoms with E-state index in [0.717, 1.165) is 12.1 Å². The van der Waals surface area contributed by atoms with Crippen molar-refractivity contribution in [3.63, 3.8) is 0 Å². The third-order valence-electron chi connectivity index (χ3n) is 4.26. The molecule has 1 unspecified atom stereocenters. The summed E-state index contributed by atoms with van der Waals surface area (Å²) in [6.45, 7) is 2.99. The van der Waals surface area contributed by atoms with E-state index in [9.17, 15) is 0 Å². The SMILES string of the molecule is CSc1ccc(C[NH+](C)[C@@H](C)c2nnc(-c3cccc(Cl)c3)o2)cc1. The molecule has 0 aliphatic heterocycles. The molecule has 130 valence electrons. The van der Waals surface area contributed by atoms with Crippen LogP contribution in [-0.2, 0) is 6.54 Å². The number of aromatic nitrogens is 2. The zero-order chi connectivity index (χ0) is 17.8. The fourth-order valence-electron chi connectivity index (χ4n) is 2.58. The van der Waals surface area contributed by atoms with Gasteiger partial charge in [-0.15, -0.1) is 22.0 Å². The summed E-state index contributed by atoms with van der Waals surface area (Å²) in [5.41, 5.74) is 2.13. The first-order chi connectivity index (χ1) is 12.1. The molecule has 2 aromatic carbocycles. The van der Waals surface area contributed by atoms with Crippen molar-refractivity contribution in [2.45, 2.75) is 24.4 Å². The van der Waals surface area contributed by atoms with Crippen molar-refractivity contribution in [3.8, 4) is 11.5 Å². The number of hydrogen-bond donors (Lipinski definition) is 1. The van der Waals surface area contributed by atoms with Crippen molar-refractivity contribution in [3.05, 3.63) is 65.0 Å². The van der Waals surface area contributed by atoms with Gasteiger partial charge in [0, 0.05) is 21.0 Å². The van der Waals surface area contributed by atoms with Gasteiger partial charge in [-0.2, -0.15) is 0 Å². The molecule has 0 aliphatic carbocycles. The zero-order valence-corrected chi connectivity index (χ0v) is 16.1. The first kappa shape index (κ1) is 18.0. The number of halogens is 1. The molecule has 4 nitrogen and oxygen atoms in total. The minimum atomic E-state index is 0.0978. The molecule has 25 heavy (non-hydrogen) atoms. The monoisotopic (exact) mass is 374 g/mol. The maximum Gasteiger partial charge on any atom is 0.274 e. The molecule has 3 rings (SSSR count). The molecular formula is C19H21ClN3OS+. The fourth-order valence-corrected chi connectivity index (χ4v) is 3.18. The van der Waals surface area contributed by atoms with Crippen LogP contribution in [-0.4, -0.2) is 23.5 Å². The number of quaternary nitrogens is 1. The lowest BCUT2D eigenvalue weighted by molar-refractivity contribution is -0.925. The van der Waals surface area contributed by atoms with E-state index in [2.05, 4.69) is 54.7 Å². The summed E-state index contributed by atoms with van der Waals surface area (Å²) in [5.74, 6) is 1.13. The van der Waals surface area contributed by atoms with Crippen LogP contribution in [0.2, 0.25) is 5.02 Å². The Bertz CT molecular complexity index is 835. The molecule has 0 fully saturated rings. The summed E-state index contributed by atoms with van der Waals surface area (Å²) >= 11 is 7.78. The smallest absolute Gasteiger partial charge is 0.274 e. The van der Waals surface area contributed by atoms with Gasteiger partial charge in [-0.3, -0.25) is 0 Å².